The van der Waals surface area contributed by atoms with E-state index in [2.05, 4.69) is 15.8 Å². The lowest BCUT2D eigenvalue weighted by Gasteiger charge is -2.05. The molecular weight excluding hydrogens is 286 g/mol. The summed E-state index contributed by atoms with van der Waals surface area (Å²) in [5.74, 6) is -0.694. The highest BCUT2D eigenvalue weighted by atomic mass is 32.1. The van der Waals surface area contributed by atoms with E-state index < -0.39 is 0 Å². The molecule has 0 spiro atoms. The zero-order valence-electron chi connectivity index (χ0n) is 11.3. The van der Waals surface area contributed by atoms with Crippen LogP contribution < -0.4 is 10.9 Å². The first-order chi connectivity index (χ1) is 10.2. The molecule has 2 heterocycles. The van der Waals surface area contributed by atoms with Crippen LogP contribution in [0.2, 0.25) is 0 Å². The minimum absolute atomic E-state index is 0.311. The van der Waals surface area contributed by atoms with Crippen molar-refractivity contribution in [3.8, 4) is 0 Å². The Morgan fingerprint density at radius 3 is 2.52 bits per heavy atom. The standard InChI is InChI=1S/C15H13N3O2S/c1-9-10-5-2-3-7-12(10)21-13(9)15(20)18-17-14(19)11-6-4-8-16-11/h2-8,16H,1H3,(H,17,19)(H,18,20). The molecule has 0 aliphatic carbocycles. The topological polar surface area (TPSA) is 74.0 Å². The predicted molar refractivity (Wildman–Crippen MR) is 82.3 cm³/mol. The molecule has 0 saturated carbocycles. The third-order valence-electron chi connectivity index (χ3n) is 3.18. The van der Waals surface area contributed by atoms with Crippen molar-refractivity contribution in [1.29, 1.82) is 0 Å². The van der Waals surface area contributed by atoms with Crippen molar-refractivity contribution in [2.75, 3.05) is 0 Å². The fraction of sp³-hybridized carbons (Fsp3) is 0.0667. The number of carbonyl (C=O) groups excluding carboxylic acids is 2. The first-order valence-electron chi connectivity index (χ1n) is 6.39. The lowest BCUT2D eigenvalue weighted by molar-refractivity contribution is 0.0846. The number of thiophene rings is 1. The number of benzene rings is 1. The minimum Gasteiger partial charge on any atom is -0.357 e. The molecule has 3 rings (SSSR count). The van der Waals surface area contributed by atoms with Gasteiger partial charge < -0.3 is 4.98 Å². The Morgan fingerprint density at radius 1 is 1.05 bits per heavy atom. The Morgan fingerprint density at radius 2 is 1.81 bits per heavy atom. The highest BCUT2D eigenvalue weighted by molar-refractivity contribution is 7.21. The summed E-state index contributed by atoms with van der Waals surface area (Å²) in [6, 6.07) is 11.2. The van der Waals surface area contributed by atoms with Gasteiger partial charge in [0.2, 0.25) is 0 Å². The van der Waals surface area contributed by atoms with Crippen molar-refractivity contribution in [3.63, 3.8) is 0 Å². The van der Waals surface area contributed by atoms with E-state index in [4.69, 9.17) is 0 Å². The summed E-state index contributed by atoms with van der Waals surface area (Å²) in [5.41, 5.74) is 6.14. The number of aromatic amines is 1. The zero-order valence-corrected chi connectivity index (χ0v) is 12.1. The zero-order chi connectivity index (χ0) is 14.8. The molecule has 0 aliphatic heterocycles. The maximum absolute atomic E-state index is 12.2. The average molecular weight is 299 g/mol. The Balaban J connectivity index is 1.75. The number of amides is 2. The number of carbonyl (C=O) groups is 2. The largest absolute Gasteiger partial charge is 0.357 e. The second-order valence-electron chi connectivity index (χ2n) is 4.54. The summed E-state index contributed by atoms with van der Waals surface area (Å²) < 4.78 is 1.05. The lowest BCUT2D eigenvalue weighted by atomic mass is 10.1. The van der Waals surface area contributed by atoms with Crippen LogP contribution in [-0.4, -0.2) is 16.8 Å². The lowest BCUT2D eigenvalue weighted by Crippen LogP contribution is -2.41. The van der Waals surface area contributed by atoms with Gasteiger partial charge in [-0.1, -0.05) is 18.2 Å². The second kappa shape index (κ2) is 5.41. The van der Waals surface area contributed by atoms with Gasteiger partial charge in [-0.25, -0.2) is 0 Å². The number of nitrogens with one attached hydrogen (secondary N) is 3. The Kier molecular flexibility index (Phi) is 3.45. The van der Waals surface area contributed by atoms with E-state index >= 15 is 0 Å². The minimum atomic E-state index is -0.382. The molecule has 2 aromatic heterocycles. The maximum Gasteiger partial charge on any atom is 0.286 e. The third kappa shape index (κ3) is 2.53. The number of hydrogen-bond acceptors (Lipinski definition) is 3. The molecule has 0 atom stereocenters. The van der Waals surface area contributed by atoms with Crippen LogP contribution in [0.5, 0.6) is 0 Å². The summed E-state index contributed by atoms with van der Waals surface area (Å²) in [6.45, 7) is 1.90. The van der Waals surface area contributed by atoms with Crippen molar-refractivity contribution in [3.05, 3.63) is 58.7 Å². The van der Waals surface area contributed by atoms with Crippen LogP contribution in [0, 0.1) is 6.92 Å². The fourth-order valence-electron chi connectivity index (χ4n) is 2.10. The van der Waals surface area contributed by atoms with Crippen LogP contribution in [0.3, 0.4) is 0 Å². The van der Waals surface area contributed by atoms with Crippen molar-refractivity contribution < 1.29 is 9.59 Å². The maximum atomic E-state index is 12.2. The Bertz CT molecular complexity index is 806. The summed E-state index contributed by atoms with van der Waals surface area (Å²) in [6.07, 6.45) is 1.65. The molecule has 3 aromatic rings. The molecule has 3 N–H and O–H groups in total. The third-order valence-corrected chi connectivity index (χ3v) is 4.45. The number of hydrazine groups is 1. The number of hydrogen-bond donors (Lipinski definition) is 3. The number of aryl methyl sites for hydroxylation is 1. The average Bonchev–Trinajstić information content (AvgIpc) is 3.13. The molecule has 1 aromatic carbocycles. The van der Waals surface area contributed by atoms with Gasteiger partial charge >= 0.3 is 0 Å². The van der Waals surface area contributed by atoms with Crippen LogP contribution in [0.4, 0.5) is 0 Å². The normalized spacial score (nSPS) is 10.5. The summed E-state index contributed by atoms with van der Waals surface area (Å²) >= 11 is 1.41. The van der Waals surface area contributed by atoms with Crippen LogP contribution >= 0.6 is 11.3 Å². The van der Waals surface area contributed by atoms with Gasteiger partial charge in [0.1, 0.15) is 5.69 Å². The van der Waals surface area contributed by atoms with E-state index in [1.165, 1.54) is 11.3 Å². The summed E-state index contributed by atoms with van der Waals surface area (Å²) in [5, 5.41) is 1.06. The van der Waals surface area contributed by atoms with Gasteiger partial charge in [-0.2, -0.15) is 0 Å². The first-order valence-corrected chi connectivity index (χ1v) is 7.20. The van der Waals surface area contributed by atoms with Gasteiger partial charge in [-0.05, 0) is 36.1 Å². The van der Waals surface area contributed by atoms with Gasteiger partial charge in [0.15, 0.2) is 0 Å². The van der Waals surface area contributed by atoms with Crippen LogP contribution in [0.15, 0.2) is 42.6 Å². The van der Waals surface area contributed by atoms with Crippen molar-refractivity contribution in [2.45, 2.75) is 6.92 Å². The van der Waals surface area contributed by atoms with Crippen molar-refractivity contribution in [1.82, 2.24) is 15.8 Å². The van der Waals surface area contributed by atoms with E-state index in [1.807, 2.05) is 31.2 Å². The number of aromatic nitrogens is 1. The van der Waals surface area contributed by atoms with E-state index in [-0.39, 0.29) is 11.8 Å². The van der Waals surface area contributed by atoms with Crippen LogP contribution in [0.1, 0.15) is 25.7 Å². The molecule has 106 valence electrons. The first kappa shape index (κ1) is 13.4. The molecule has 5 nitrogen and oxygen atoms in total. The van der Waals surface area contributed by atoms with Gasteiger partial charge in [0.05, 0.1) is 4.88 Å². The molecule has 0 aliphatic rings. The quantitative estimate of drug-likeness (QED) is 0.636. The van der Waals surface area contributed by atoms with Gasteiger partial charge in [-0.15, -0.1) is 11.3 Å². The van der Waals surface area contributed by atoms with Gasteiger partial charge in [0.25, 0.3) is 11.8 Å². The van der Waals surface area contributed by atoms with Crippen molar-refractivity contribution >= 4 is 33.2 Å². The SMILES string of the molecule is Cc1c(C(=O)NNC(=O)c2ccc[nH]2)sc2ccccc12. The highest BCUT2D eigenvalue weighted by Crippen LogP contribution is 2.30. The summed E-state index contributed by atoms with van der Waals surface area (Å²) in [4.78, 5) is 27.3. The molecule has 0 fully saturated rings. The van der Waals surface area contributed by atoms with Crippen LogP contribution in [0.25, 0.3) is 10.1 Å². The Hall–Kier alpha value is -2.60. The molecular formula is C15H13N3O2S. The van der Waals surface area contributed by atoms with E-state index in [1.54, 1.807) is 18.3 Å². The molecule has 0 bridgehead atoms. The Labute approximate surface area is 125 Å². The summed E-state index contributed by atoms with van der Waals surface area (Å²) in [7, 11) is 0. The molecule has 0 saturated heterocycles. The van der Waals surface area contributed by atoms with E-state index in [0.717, 1.165) is 15.6 Å². The smallest absolute Gasteiger partial charge is 0.286 e. The van der Waals surface area contributed by atoms with E-state index in [0.29, 0.717) is 10.6 Å². The predicted octanol–water partition coefficient (Wildman–Crippen LogP) is 2.61. The number of H-pyrrole nitrogens is 1. The van der Waals surface area contributed by atoms with Crippen LogP contribution in [-0.2, 0) is 0 Å². The second-order valence-corrected chi connectivity index (χ2v) is 5.60. The van der Waals surface area contributed by atoms with E-state index in [9.17, 15) is 9.59 Å². The molecule has 6 heteroatoms. The molecule has 0 unspecified atom stereocenters. The highest BCUT2D eigenvalue weighted by Gasteiger charge is 2.16. The number of rotatable bonds is 2. The number of fused-ring (bicyclic) bond motifs is 1. The molecule has 0 radical (unpaired) electrons. The molecule has 2 amide bonds. The van der Waals surface area contributed by atoms with Gasteiger partial charge in [-0.3, -0.25) is 20.4 Å². The monoisotopic (exact) mass is 299 g/mol. The van der Waals surface area contributed by atoms with Gasteiger partial charge in [0, 0.05) is 10.9 Å². The van der Waals surface area contributed by atoms with Crippen molar-refractivity contribution in [2.24, 2.45) is 0 Å². The fourth-order valence-corrected chi connectivity index (χ4v) is 3.20. The molecule has 21 heavy (non-hydrogen) atoms.